The molecule has 0 atom stereocenters. The molecule has 1 aromatic carbocycles. The Morgan fingerprint density at radius 3 is 2.44 bits per heavy atom. The van der Waals surface area contributed by atoms with Gasteiger partial charge in [-0.2, -0.15) is 0 Å². The van der Waals surface area contributed by atoms with Gasteiger partial charge in [-0.25, -0.2) is 0 Å². The molecule has 27 heavy (non-hydrogen) atoms. The van der Waals surface area contributed by atoms with Crippen LogP contribution in [0.5, 0.6) is 0 Å². The Morgan fingerprint density at radius 1 is 1.26 bits per heavy atom. The fraction of sp³-hybridized carbons (Fsp3) is 0.444. The van der Waals surface area contributed by atoms with Gasteiger partial charge < -0.3 is 21.1 Å². The molecule has 1 aromatic rings. The number of amides is 2. The Balaban J connectivity index is 1.90. The third kappa shape index (κ3) is 5.04. The van der Waals surface area contributed by atoms with E-state index in [1.54, 1.807) is 38.1 Å². The van der Waals surface area contributed by atoms with E-state index in [9.17, 15) is 14.4 Å². The molecule has 1 heterocycles. The summed E-state index contributed by atoms with van der Waals surface area (Å²) in [5.74, 6) is -1.53. The largest absolute Gasteiger partial charge is 0.480 e. The van der Waals surface area contributed by atoms with Crippen LogP contribution in [0, 0.1) is 5.41 Å². The van der Waals surface area contributed by atoms with E-state index < -0.39 is 11.5 Å². The molecule has 9 nitrogen and oxygen atoms in total. The summed E-state index contributed by atoms with van der Waals surface area (Å²) in [6, 6.07) is 6.66. The van der Waals surface area contributed by atoms with E-state index in [0.29, 0.717) is 30.9 Å². The number of nitrogen functional groups attached to an aromatic ring is 1. The van der Waals surface area contributed by atoms with Crippen LogP contribution in [-0.2, 0) is 14.4 Å². The Bertz CT molecular complexity index is 745. The molecule has 0 unspecified atom stereocenters. The number of benzene rings is 1. The van der Waals surface area contributed by atoms with Crippen molar-refractivity contribution in [1.82, 2.24) is 9.80 Å². The molecule has 1 aliphatic rings. The zero-order valence-corrected chi connectivity index (χ0v) is 15.5. The van der Waals surface area contributed by atoms with Crippen molar-refractivity contribution in [3.63, 3.8) is 0 Å². The number of hydrogen-bond donors (Lipinski definition) is 4. The molecule has 0 spiro atoms. The summed E-state index contributed by atoms with van der Waals surface area (Å²) >= 11 is 0. The van der Waals surface area contributed by atoms with Crippen LogP contribution in [0.4, 0.5) is 5.69 Å². The van der Waals surface area contributed by atoms with Crippen molar-refractivity contribution in [1.29, 1.82) is 5.41 Å². The maximum atomic E-state index is 12.5. The molecule has 1 fully saturated rings. The van der Waals surface area contributed by atoms with E-state index in [0.717, 1.165) is 0 Å². The molecule has 1 saturated heterocycles. The first-order valence-electron chi connectivity index (χ1n) is 8.62. The van der Waals surface area contributed by atoms with Gasteiger partial charge in [0, 0.05) is 37.3 Å². The number of carboxylic acid groups (broad SMARTS) is 1. The van der Waals surface area contributed by atoms with Crippen LogP contribution >= 0.6 is 0 Å². The van der Waals surface area contributed by atoms with E-state index in [4.69, 9.17) is 16.2 Å². The van der Waals surface area contributed by atoms with Crippen LogP contribution in [0.2, 0.25) is 0 Å². The fourth-order valence-electron chi connectivity index (χ4n) is 3.04. The number of hydrogen-bond acceptors (Lipinski definition) is 5. The lowest BCUT2D eigenvalue weighted by Gasteiger charge is -2.45. The van der Waals surface area contributed by atoms with Crippen molar-refractivity contribution < 1.29 is 19.5 Å². The SMILES string of the molecule is CC1(C)C(=O)N(CC(=O)O)CCN1CCC(=O)Nc1ccc(C(=N)N)cc1. The first-order valence-corrected chi connectivity index (χ1v) is 8.62. The second kappa shape index (κ2) is 8.17. The molecular formula is C18H25N5O4. The van der Waals surface area contributed by atoms with E-state index in [2.05, 4.69) is 5.32 Å². The lowest BCUT2D eigenvalue weighted by Crippen LogP contribution is -2.63. The maximum absolute atomic E-state index is 12.5. The molecule has 0 aromatic heterocycles. The Kier molecular flexibility index (Phi) is 6.17. The van der Waals surface area contributed by atoms with Gasteiger partial charge in [0.05, 0.1) is 5.54 Å². The van der Waals surface area contributed by atoms with E-state index in [1.807, 2.05) is 4.90 Å². The van der Waals surface area contributed by atoms with Gasteiger partial charge in [0.2, 0.25) is 11.8 Å². The predicted molar refractivity (Wildman–Crippen MR) is 101 cm³/mol. The van der Waals surface area contributed by atoms with Crippen molar-refractivity contribution in [2.75, 3.05) is 31.5 Å². The molecule has 5 N–H and O–H groups in total. The third-order valence-corrected chi connectivity index (χ3v) is 4.66. The van der Waals surface area contributed by atoms with Crippen LogP contribution in [0.15, 0.2) is 24.3 Å². The van der Waals surface area contributed by atoms with Crippen LogP contribution in [0.3, 0.4) is 0 Å². The highest BCUT2D eigenvalue weighted by molar-refractivity contribution is 5.96. The summed E-state index contributed by atoms with van der Waals surface area (Å²) in [5.41, 5.74) is 5.71. The molecule has 1 aliphatic heterocycles. The number of anilines is 1. The summed E-state index contributed by atoms with van der Waals surface area (Å²) in [4.78, 5) is 38.8. The highest BCUT2D eigenvalue weighted by atomic mass is 16.4. The standard InChI is InChI=1S/C18H25N5O4/c1-18(2)17(27)22(11-15(25)26)9-10-23(18)8-7-14(24)21-13-5-3-12(4-6-13)16(19)20/h3-6H,7-11H2,1-2H3,(H3,19,20)(H,21,24)(H,25,26). The number of carboxylic acids is 1. The third-order valence-electron chi connectivity index (χ3n) is 4.66. The van der Waals surface area contributed by atoms with Crippen LogP contribution < -0.4 is 11.1 Å². The normalized spacial score (nSPS) is 16.8. The lowest BCUT2D eigenvalue weighted by molar-refractivity contribution is -0.155. The lowest BCUT2D eigenvalue weighted by atomic mass is 9.97. The molecule has 2 rings (SSSR count). The minimum absolute atomic E-state index is 0.0400. The van der Waals surface area contributed by atoms with Crippen molar-refractivity contribution in [2.45, 2.75) is 25.8 Å². The molecule has 0 bridgehead atoms. The molecule has 0 aliphatic carbocycles. The minimum atomic E-state index is -1.04. The van der Waals surface area contributed by atoms with Crippen molar-refractivity contribution in [2.24, 2.45) is 5.73 Å². The molecular weight excluding hydrogens is 350 g/mol. The van der Waals surface area contributed by atoms with Gasteiger partial charge in [-0.05, 0) is 38.1 Å². The number of rotatable bonds is 7. The monoisotopic (exact) mass is 375 g/mol. The summed E-state index contributed by atoms with van der Waals surface area (Å²) in [6.07, 6.45) is 0.199. The average Bonchev–Trinajstić information content (AvgIpc) is 2.58. The number of nitrogens with one attached hydrogen (secondary N) is 2. The van der Waals surface area contributed by atoms with Gasteiger partial charge in [-0.1, -0.05) is 0 Å². The number of amidine groups is 1. The summed E-state index contributed by atoms with van der Waals surface area (Å²) in [5, 5.41) is 19.0. The predicted octanol–water partition coefficient (Wildman–Crippen LogP) is 0.307. The van der Waals surface area contributed by atoms with Crippen molar-refractivity contribution in [3.05, 3.63) is 29.8 Å². The first kappa shape index (κ1) is 20.4. The van der Waals surface area contributed by atoms with E-state index >= 15 is 0 Å². The van der Waals surface area contributed by atoms with Gasteiger partial charge in [0.1, 0.15) is 12.4 Å². The van der Waals surface area contributed by atoms with Gasteiger partial charge in [0.15, 0.2) is 0 Å². The van der Waals surface area contributed by atoms with Gasteiger partial charge in [0.25, 0.3) is 0 Å². The van der Waals surface area contributed by atoms with Crippen molar-refractivity contribution in [3.8, 4) is 0 Å². The summed E-state index contributed by atoms with van der Waals surface area (Å²) < 4.78 is 0. The highest BCUT2D eigenvalue weighted by Crippen LogP contribution is 2.22. The Labute approximate surface area is 157 Å². The second-order valence-electron chi connectivity index (χ2n) is 6.96. The fourth-order valence-corrected chi connectivity index (χ4v) is 3.04. The van der Waals surface area contributed by atoms with Gasteiger partial charge in [-0.3, -0.25) is 24.7 Å². The summed E-state index contributed by atoms with van der Waals surface area (Å²) in [6.45, 7) is 4.38. The molecule has 2 amide bonds. The number of carbonyl (C=O) groups is 3. The Hall–Kier alpha value is -2.94. The minimum Gasteiger partial charge on any atom is -0.480 e. The van der Waals surface area contributed by atoms with Gasteiger partial charge in [-0.15, -0.1) is 0 Å². The Morgan fingerprint density at radius 2 is 1.89 bits per heavy atom. The molecule has 146 valence electrons. The molecule has 0 radical (unpaired) electrons. The number of nitrogens with zero attached hydrogens (tertiary/aromatic N) is 2. The van der Waals surface area contributed by atoms with Crippen LogP contribution in [-0.4, -0.2) is 70.2 Å². The zero-order chi connectivity index (χ0) is 20.2. The molecule has 0 saturated carbocycles. The number of aliphatic carboxylic acids is 1. The second-order valence-corrected chi connectivity index (χ2v) is 6.96. The first-order chi connectivity index (χ1) is 12.6. The zero-order valence-electron chi connectivity index (χ0n) is 15.5. The summed E-state index contributed by atoms with van der Waals surface area (Å²) in [7, 11) is 0. The van der Waals surface area contributed by atoms with Crippen LogP contribution in [0.25, 0.3) is 0 Å². The maximum Gasteiger partial charge on any atom is 0.323 e. The van der Waals surface area contributed by atoms with E-state index in [1.165, 1.54) is 4.90 Å². The average molecular weight is 375 g/mol. The van der Waals surface area contributed by atoms with E-state index in [-0.39, 0.29) is 30.6 Å². The van der Waals surface area contributed by atoms with Crippen molar-refractivity contribution >= 4 is 29.3 Å². The highest BCUT2D eigenvalue weighted by Gasteiger charge is 2.42. The quantitative estimate of drug-likeness (QED) is 0.399. The molecule has 9 heteroatoms. The van der Waals surface area contributed by atoms with Gasteiger partial charge >= 0.3 is 5.97 Å². The smallest absolute Gasteiger partial charge is 0.323 e. The number of nitrogens with two attached hydrogens (primary N) is 1. The number of carbonyl (C=O) groups excluding carboxylic acids is 2. The van der Waals surface area contributed by atoms with Crippen LogP contribution in [0.1, 0.15) is 25.8 Å². The number of piperazine rings is 1. The topological polar surface area (TPSA) is 140 Å².